The Hall–Kier alpha value is -1.40. The Morgan fingerprint density at radius 3 is 2.50 bits per heavy atom. The van der Waals surface area contributed by atoms with Crippen LogP contribution in [0.5, 0.6) is 0 Å². The minimum Gasteiger partial charge on any atom is -0.335 e. The van der Waals surface area contributed by atoms with Gasteiger partial charge in [-0.2, -0.15) is 0 Å². The average Bonchev–Trinajstić information content (AvgIpc) is 3.06. The molecular weight excluding hydrogens is 370 g/mol. The van der Waals surface area contributed by atoms with Gasteiger partial charge in [0.1, 0.15) is 0 Å². The smallest absolute Gasteiger partial charge is 0.321 e. The molecule has 1 atom stereocenters. The molecule has 2 N–H and O–H groups in total. The second kappa shape index (κ2) is 9.18. The Morgan fingerprint density at radius 2 is 1.88 bits per heavy atom. The number of halogens is 1. The fourth-order valence-electron chi connectivity index (χ4n) is 2.86. The van der Waals surface area contributed by atoms with Crippen LogP contribution in [0, 0.1) is 0 Å². The van der Waals surface area contributed by atoms with Gasteiger partial charge in [0, 0.05) is 17.1 Å². The monoisotopic (exact) mass is 395 g/mol. The number of imide groups is 1. The van der Waals surface area contributed by atoms with Crippen LogP contribution in [-0.2, 0) is 11.2 Å². The van der Waals surface area contributed by atoms with Crippen molar-refractivity contribution in [3.8, 4) is 0 Å². The van der Waals surface area contributed by atoms with Gasteiger partial charge in [-0.1, -0.05) is 40.9 Å². The first-order valence-corrected chi connectivity index (χ1v) is 9.31. The van der Waals surface area contributed by atoms with E-state index in [2.05, 4.69) is 38.7 Å². The van der Waals surface area contributed by atoms with Gasteiger partial charge in [-0.3, -0.25) is 15.0 Å². The predicted octanol–water partition coefficient (Wildman–Crippen LogP) is 3.08. The Kier molecular flexibility index (Phi) is 7.24. The van der Waals surface area contributed by atoms with E-state index in [0.29, 0.717) is 0 Å². The highest BCUT2D eigenvalue weighted by Gasteiger charge is 2.22. The van der Waals surface area contributed by atoms with Crippen LogP contribution < -0.4 is 10.6 Å². The summed E-state index contributed by atoms with van der Waals surface area (Å²) in [5.74, 6) is -0.260. The Morgan fingerprint density at radius 1 is 1.25 bits per heavy atom. The van der Waals surface area contributed by atoms with E-state index in [1.807, 2.05) is 31.0 Å². The highest BCUT2D eigenvalue weighted by molar-refractivity contribution is 9.10. The third-order valence-electron chi connectivity index (χ3n) is 4.63. The lowest BCUT2D eigenvalue weighted by atomic mass is 10.1. The number of carbonyl (C=O) groups is 2. The molecule has 0 aromatic heterocycles. The van der Waals surface area contributed by atoms with Gasteiger partial charge >= 0.3 is 6.03 Å². The number of amides is 3. The maximum Gasteiger partial charge on any atom is 0.321 e. The maximum atomic E-state index is 12.2. The molecule has 1 aromatic rings. The zero-order chi connectivity index (χ0) is 17.5. The van der Waals surface area contributed by atoms with Crippen molar-refractivity contribution >= 4 is 27.9 Å². The number of carbonyl (C=O) groups excluding carboxylic acids is 2. The first-order chi connectivity index (χ1) is 11.5. The number of rotatable bonds is 6. The lowest BCUT2D eigenvalue weighted by Gasteiger charge is -2.24. The number of likely N-dealkylation sites (N-methyl/N-ethyl adjacent to an activating group) is 1. The molecule has 5 nitrogen and oxygen atoms in total. The third kappa shape index (κ3) is 5.91. The van der Waals surface area contributed by atoms with E-state index in [-0.39, 0.29) is 24.0 Å². The summed E-state index contributed by atoms with van der Waals surface area (Å²) in [6.07, 6.45) is 5.16. The predicted molar refractivity (Wildman–Crippen MR) is 98.9 cm³/mol. The molecule has 1 aromatic carbocycles. The molecule has 0 saturated heterocycles. The molecule has 1 fully saturated rings. The summed E-state index contributed by atoms with van der Waals surface area (Å²) in [6.45, 7) is 2.57. The minimum absolute atomic E-state index is 0.211. The van der Waals surface area contributed by atoms with E-state index in [4.69, 9.17) is 0 Å². The summed E-state index contributed by atoms with van der Waals surface area (Å²) < 4.78 is 1.06. The van der Waals surface area contributed by atoms with Crippen molar-refractivity contribution in [3.05, 3.63) is 34.3 Å². The van der Waals surface area contributed by atoms with Gasteiger partial charge in [0.25, 0.3) is 0 Å². The van der Waals surface area contributed by atoms with Crippen LogP contribution in [0.25, 0.3) is 0 Å². The molecule has 1 aliphatic rings. The number of urea groups is 1. The number of hydrogen-bond donors (Lipinski definition) is 2. The molecular formula is C18H26BrN3O2. The number of nitrogens with one attached hydrogen (secondary N) is 2. The molecule has 2 rings (SSSR count). The number of nitrogens with zero attached hydrogens (tertiary/aromatic N) is 1. The molecule has 0 heterocycles. The van der Waals surface area contributed by atoms with Crippen molar-refractivity contribution in [2.75, 3.05) is 13.6 Å². The van der Waals surface area contributed by atoms with Crippen LogP contribution in [0.3, 0.4) is 0 Å². The molecule has 0 aliphatic heterocycles. The zero-order valence-electron chi connectivity index (χ0n) is 14.3. The van der Waals surface area contributed by atoms with Crippen LogP contribution in [0.15, 0.2) is 28.7 Å². The highest BCUT2D eigenvalue weighted by Crippen LogP contribution is 2.17. The Balaban J connectivity index is 1.74. The highest BCUT2D eigenvalue weighted by atomic mass is 79.9. The zero-order valence-corrected chi connectivity index (χ0v) is 15.9. The van der Waals surface area contributed by atoms with Crippen molar-refractivity contribution in [1.82, 2.24) is 15.5 Å². The van der Waals surface area contributed by atoms with Gasteiger partial charge in [-0.15, -0.1) is 0 Å². The van der Waals surface area contributed by atoms with Crippen LogP contribution in [0.4, 0.5) is 4.79 Å². The van der Waals surface area contributed by atoms with Gasteiger partial charge < -0.3 is 5.32 Å². The second-order valence-corrected chi connectivity index (χ2v) is 7.39. The average molecular weight is 396 g/mol. The van der Waals surface area contributed by atoms with Crippen LogP contribution >= 0.6 is 15.9 Å². The molecule has 132 valence electrons. The van der Waals surface area contributed by atoms with E-state index < -0.39 is 0 Å². The summed E-state index contributed by atoms with van der Waals surface area (Å²) in [6, 6.07) is 7.64. The van der Waals surface area contributed by atoms with E-state index in [0.717, 1.165) is 43.1 Å². The Bertz CT molecular complexity index is 556. The molecule has 0 spiro atoms. The summed E-state index contributed by atoms with van der Waals surface area (Å²) >= 11 is 3.42. The van der Waals surface area contributed by atoms with Gasteiger partial charge in [0.2, 0.25) is 5.91 Å². The normalized spacial score (nSPS) is 16.2. The molecule has 1 aliphatic carbocycles. The standard InChI is InChI=1S/C18H26BrN3O2/c1-13(17(23)21-18(24)20-16-5-3-4-6-16)22(2)12-11-14-7-9-15(19)10-8-14/h7-10,13,16H,3-6,11-12H2,1-2H3,(H2,20,21,23,24). The topological polar surface area (TPSA) is 61.4 Å². The first kappa shape index (κ1) is 18.9. The van der Waals surface area contributed by atoms with Crippen molar-refractivity contribution in [2.45, 2.75) is 51.1 Å². The molecule has 24 heavy (non-hydrogen) atoms. The minimum atomic E-state index is -0.375. The summed E-state index contributed by atoms with van der Waals surface area (Å²) in [7, 11) is 1.90. The van der Waals surface area contributed by atoms with Gasteiger partial charge in [-0.25, -0.2) is 4.79 Å². The van der Waals surface area contributed by atoms with E-state index in [1.54, 1.807) is 0 Å². The lowest BCUT2D eigenvalue weighted by Crippen LogP contribution is -2.50. The van der Waals surface area contributed by atoms with E-state index >= 15 is 0 Å². The molecule has 1 unspecified atom stereocenters. The van der Waals surface area contributed by atoms with Crippen LogP contribution in [0.1, 0.15) is 38.2 Å². The Labute approximate surface area is 152 Å². The van der Waals surface area contributed by atoms with Gasteiger partial charge in [-0.05, 0) is 50.9 Å². The second-order valence-electron chi connectivity index (χ2n) is 6.48. The number of benzene rings is 1. The largest absolute Gasteiger partial charge is 0.335 e. The van der Waals surface area contributed by atoms with E-state index in [1.165, 1.54) is 5.56 Å². The lowest BCUT2D eigenvalue weighted by molar-refractivity contribution is -0.124. The van der Waals surface area contributed by atoms with Crippen molar-refractivity contribution < 1.29 is 9.59 Å². The third-order valence-corrected chi connectivity index (χ3v) is 5.16. The fraction of sp³-hybridized carbons (Fsp3) is 0.556. The molecule has 0 radical (unpaired) electrons. The molecule has 0 bridgehead atoms. The van der Waals surface area contributed by atoms with Crippen molar-refractivity contribution in [3.63, 3.8) is 0 Å². The molecule has 3 amide bonds. The van der Waals surface area contributed by atoms with Gasteiger partial charge in [0.15, 0.2) is 0 Å². The first-order valence-electron chi connectivity index (χ1n) is 8.51. The van der Waals surface area contributed by atoms with Gasteiger partial charge in [0.05, 0.1) is 6.04 Å². The fourth-order valence-corrected chi connectivity index (χ4v) is 3.12. The summed E-state index contributed by atoms with van der Waals surface area (Å²) in [5, 5.41) is 5.33. The summed E-state index contributed by atoms with van der Waals surface area (Å²) in [5.41, 5.74) is 1.22. The van der Waals surface area contributed by atoms with Crippen LogP contribution in [-0.4, -0.2) is 42.5 Å². The van der Waals surface area contributed by atoms with E-state index in [9.17, 15) is 9.59 Å². The van der Waals surface area contributed by atoms with Crippen molar-refractivity contribution in [1.29, 1.82) is 0 Å². The molecule has 1 saturated carbocycles. The maximum absolute atomic E-state index is 12.2. The number of hydrogen-bond acceptors (Lipinski definition) is 3. The summed E-state index contributed by atoms with van der Waals surface area (Å²) in [4.78, 5) is 26.0. The molecule has 6 heteroatoms. The SMILES string of the molecule is CC(C(=O)NC(=O)NC1CCCC1)N(C)CCc1ccc(Br)cc1. The van der Waals surface area contributed by atoms with Crippen LogP contribution in [0.2, 0.25) is 0 Å². The quantitative estimate of drug-likeness (QED) is 0.777. The van der Waals surface area contributed by atoms with Crippen molar-refractivity contribution in [2.24, 2.45) is 0 Å².